The molecule has 4 fully saturated rings. The third-order valence-corrected chi connectivity index (χ3v) is 14.8. The molecule has 21 nitrogen and oxygen atoms in total. The molecular formula is C48H64O21. The molecule has 2 aromatic carbocycles. The Morgan fingerprint density at radius 1 is 0.768 bits per heavy atom. The number of methoxy groups -OCH3 is 1. The second-order valence-electron chi connectivity index (χ2n) is 20.0. The number of ether oxygens (including phenoxy) is 9. The summed E-state index contributed by atoms with van der Waals surface area (Å²) in [6, 6.07) is 2.98. The van der Waals surface area contributed by atoms with E-state index in [2.05, 4.69) is 0 Å². The zero-order valence-corrected chi connectivity index (χ0v) is 39.9. The van der Waals surface area contributed by atoms with E-state index in [1.165, 1.54) is 46.9 Å². The van der Waals surface area contributed by atoms with E-state index < -0.39 is 161 Å². The summed E-state index contributed by atoms with van der Waals surface area (Å²) in [7, 11) is 1.19. The Hall–Kier alpha value is -3.91. The Morgan fingerprint density at radius 2 is 1.36 bits per heavy atom. The van der Waals surface area contributed by atoms with Gasteiger partial charge in [-0.3, -0.25) is 14.4 Å². The second-order valence-corrected chi connectivity index (χ2v) is 20.0. The predicted octanol–water partition coefficient (Wildman–Crippen LogP) is 1.30. The number of aliphatic hydroxyl groups excluding tert-OH is 5. The van der Waals surface area contributed by atoms with E-state index in [0.717, 1.165) is 6.92 Å². The van der Waals surface area contributed by atoms with Gasteiger partial charge in [0.2, 0.25) is 12.1 Å². The average Bonchev–Trinajstić information content (AvgIpc) is 3.24. The first kappa shape index (κ1) is 51.4. The molecular weight excluding hydrogens is 913 g/mol. The maximum Gasteiger partial charge on any atom is 0.207 e. The summed E-state index contributed by atoms with van der Waals surface area (Å²) in [5.74, 6) is -6.52. The van der Waals surface area contributed by atoms with Crippen LogP contribution in [0.5, 0.6) is 17.2 Å². The molecule has 21 heteroatoms. The van der Waals surface area contributed by atoms with Crippen molar-refractivity contribution in [1.82, 2.24) is 0 Å². The fraction of sp³-hybridized carbons (Fsp3) is 0.688. The fourth-order valence-electron chi connectivity index (χ4n) is 11.0. The highest BCUT2D eigenvalue weighted by molar-refractivity contribution is 6.25. The molecule has 0 saturated carbocycles. The number of benzene rings is 2. The van der Waals surface area contributed by atoms with Gasteiger partial charge in [-0.2, -0.15) is 0 Å². The summed E-state index contributed by atoms with van der Waals surface area (Å²) >= 11 is 0. The van der Waals surface area contributed by atoms with Crippen LogP contribution in [-0.2, 0) is 53.9 Å². The van der Waals surface area contributed by atoms with Crippen LogP contribution in [0.25, 0.3) is 10.8 Å². The van der Waals surface area contributed by atoms with Crippen molar-refractivity contribution in [3.8, 4) is 17.2 Å². The van der Waals surface area contributed by atoms with Crippen LogP contribution in [0, 0.1) is 12.8 Å². The molecule has 2 aliphatic carbocycles. The van der Waals surface area contributed by atoms with Crippen molar-refractivity contribution in [1.29, 1.82) is 0 Å². The van der Waals surface area contributed by atoms with Crippen molar-refractivity contribution in [2.24, 2.45) is 5.92 Å². The largest absolute Gasteiger partial charge is 0.508 e. The molecule has 8 rings (SSSR count). The van der Waals surface area contributed by atoms with Gasteiger partial charge in [0.15, 0.2) is 36.0 Å². The molecule has 9 N–H and O–H groups in total. The number of rotatable bonds is 10. The van der Waals surface area contributed by atoms with Crippen molar-refractivity contribution in [3.05, 3.63) is 40.2 Å². The van der Waals surface area contributed by atoms with Gasteiger partial charge in [-0.25, -0.2) is 0 Å². The van der Waals surface area contributed by atoms with Crippen molar-refractivity contribution < 1.29 is 103 Å². The highest BCUT2D eigenvalue weighted by Gasteiger charge is 2.65. The van der Waals surface area contributed by atoms with E-state index in [9.17, 15) is 55.5 Å². The minimum atomic E-state index is -2.65. The van der Waals surface area contributed by atoms with Crippen LogP contribution in [0.3, 0.4) is 0 Å². The predicted molar refractivity (Wildman–Crippen MR) is 235 cm³/mol. The van der Waals surface area contributed by atoms with E-state index in [-0.39, 0.29) is 59.8 Å². The van der Waals surface area contributed by atoms with Crippen LogP contribution < -0.4 is 4.74 Å². The van der Waals surface area contributed by atoms with Crippen LogP contribution in [0.1, 0.15) is 95.6 Å². The van der Waals surface area contributed by atoms with Gasteiger partial charge in [0.1, 0.15) is 59.1 Å². The molecule has 69 heavy (non-hydrogen) atoms. The first-order chi connectivity index (χ1) is 32.2. The number of carbonyl (C=O) groups is 3. The lowest BCUT2D eigenvalue weighted by atomic mass is 9.62. The highest BCUT2D eigenvalue weighted by Crippen LogP contribution is 2.53. The standard InChI is InChI=1S/C48H64O21/c1-17-27(66-31-15-46(7,59)42(55)21(5)64-31)12-24-10-23-11-25-41(61-9)39(54)33(18(2)49)44(57)48(25,45(58)35(23)38(53)34(24)36(17)51)69-30-14-28(37(52)19(3)62-30)67-29-13-26(50)40(20(4)63-29)68-32-16-47(8,60)43(56)22(6)65-32/h10,12,19-22,25-26,28-32,37,40-43,50-53,55-57,59-60H,11,13-16H2,1-9H3/t19-,20-,21-,22+,25-,26-,28+,29+,30+,31+,32+,37+,40+,41-,42+,43-,46-,47+,48+/m0/s1. The molecule has 4 saturated heterocycles. The quantitative estimate of drug-likeness (QED) is 0.152. The fourth-order valence-corrected chi connectivity index (χ4v) is 11.0. The number of hydrogen-bond acceptors (Lipinski definition) is 21. The maximum absolute atomic E-state index is 15.4. The number of phenolic OH excluding ortho intramolecular Hbond substituents is 2. The van der Waals surface area contributed by atoms with E-state index in [4.69, 9.17) is 42.6 Å². The maximum atomic E-state index is 15.4. The molecule has 0 radical (unpaired) electrons. The van der Waals surface area contributed by atoms with Crippen LogP contribution in [0.4, 0.5) is 0 Å². The third kappa shape index (κ3) is 8.85. The van der Waals surface area contributed by atoms with E-state index >= 15 is 4.79 Å². The molecule has 4 aliphatic heterocycles. The number of aliphatic hydroxyl groups is 7. The van der Waals surface area contributed by atoms with Crippen LogP contribution in [-0.4, -0.2) is 180 Å². The van der Waals surface area contributed by atoms with Crippen molar-refractivity contribution in [3.63, 3.8) is 0 Å². The molecule has 4 heterocycles. The minimum absolute atomic E-state index is 0.0825. The molecule has 2 aromatic rings. The van der Waals surface area contributed by atoms with Gasteiger partial charge < -0.3 is 88.6 Å². The molecule has 382 valence electrons. The Bertz CT molecular complexity index is 2370. The zero-order chi connectivity index (χ0) is 50.6. The summed E-state index contributed by atoms with van der Waals surface area (Å²) in [5.41, 5.74) is -6.66. The number of aromatic hydroxyl groups is 2. The van der Waals surface area contributed by atoms with E-state index in [0.29, 0.717) is 0 Å². The van der Waals surface area contributed by atoms with Crippen LogP contribution >= 0.6 is 0 Å². The summed E-state index contributed by atoms with van der Waals surface area (Å²) in [6.07, 6.45) is -17.7. The number of fused-ring (bicyclic) bond motifs is 3. The van der Waals surface area contributed by atoms with Gasteiger partial charge in [0.25, 0.3) is 0 Å². The second kappa shape index (κ2) is 18.6. The first-order valence-electron chi connectivity index (χ1n) is 23.2. The molecule has 0 aromatic heterocycles. The summed E-state index contributed by atoms with van der Waals surface area (Å²) in [6.45, 7) is 11.7. The van der Waals surface area contributed by atoms with Crippen LogP contribution in [0.2, 0.25) is 0 Å². The van der Waals surface area contributed by atoms with Gasteiger partial charge in [-0.15, -0.1) is 0 Å². The smallest absolute Gasteiger partial charge is 0.207 e. The molecule has 0 spiro atoms. The van der Waals surface area contributed by atoms with Gasteiger partial charge in [-0.1, -0.05) is 0 Å². The number of hydrogen-bond donors (Lipinski definition) is 9. The normalized spacial score (nSPS) is 42.8. The minimum Gasteiger partial charge on any atom is -0.508 e. The lowest BCUT2D eigenvalue weighted by Gasteiger charge is -2.50. The molecule has 0 unspecified atom stereocenters. The Morgan fingerprint density at radius 3 is 1.96 bits per heavy atom. The van der Waals surface area contributed by atoms with Gasteiger partial charge in [0, 0.05) is 44.3 Å². The number of ketones is 3. The monoisotopic (exact) mass is 976 g/mol. The van der Waals surface area contributed by atoms with E-state index in [1.54, 1.807) is 20.8 Å². The summed E-state index contributed by atoms with van der Waals surface area (Å²) in [5, 5.41) is 101. The average molecular weight is 977 g/mol. The van der Waals surface area contributed by atoms with Gasteiger partial charge >= 0.3 is 0 Å². The molecule has 19 atom stereocenters. The Kier molecular flexibility index (Phi) is 13.9. The molecule has 6 aliphatic rings. The summed E-state index contributed by atoms with van der Waals surface area (Å²) in [4.78, 5) is 42.6. The Labute approximate surface area is 397 Å². The van der Waals surface area contributed by atoms with Gasteiger partial charge in [-0.05, 0) is 84.9 Å². The van der Waals surface area contributed by atoms with Crippen molar-refractivity contribution >= 4 is 28.1 Å². The summed E-state index contributed by atoms with van der Waals surface area (Å²) < 4.78 is 54.4. The topological polar surface area (TPSA) is 316 Å². The SMILES string of the molecule is CO[C@@H]1C(=O)C(C(C)=O)=C(O)[C@@]2(O[C@@H]3C[C@@H](O[C@@H]4C[C@H](O)[C@H](O[C@@H]5C[C@@](C)(O)[C@@H](O)[C@@H](C)O5)[C@H](C)O4)[C@H](O)[C@H](C)O3)C(=O)c3c(cc4cc(O[C@@H]5C[C@](C)(O)[C@H](O)[C@H](C)O5)c(C)c(O)c4c3O)C[C@@H]12. The highest BCUT2D eigenvalue weighted by atomic mass is 16.7. The van der Waals surface area contributed by atoms with Crippen molar-refractivity contribution in [2.75, 3.05) is 7.11 Å². The number of Topliss-reactive ketones (excluding diaryl/α,β-unsaturated/α-hetero) is 3. The third-order valence-electron chi connectivity index (χ3n) is 14.8. The molecule has 0 bridgehead atoms. The Balaban J connectivity index is 1.10. The number of phenols is 2. The van der Waals surface area contributed by atoms with Gasteiger partial charge in [0.05, 0.1) is 58.8 Å². The van der Waals surface area contributed by atoms with E-state index in [1.807, 2.05) is 0 Å². The lowest BCUT2D eigenvalue weighted by Crippen LogP contribution is -2.65. The van der Waals surface area contributed by atoms with Crippen molar-refractivity contribution in [2.45, 2.75) is 197 Å². The zero-order valence-electron chi connectivity index (χ0n) is 39.9. The first-order valence-corrected chi connectivity index (χ1v) is 23.2. The number of carbonyl (C=O) groups excluding carboxylic acids is 3. The lowest BCUT2D eigenvalue weighted by molar-refractivity contribution is -0.339. The molecule has 0 amide bonds. The van der Waals surface area contributed by atoms with Crippen LogP contribution in [0.15, 0.2) is 23.5 Å².